The van der Waals surface area contributed by atoms with Crippen molar-refractivity contribution in [2.75, 3.05) is 25.2 Å². The Kier molecular flexibility index (Phi) is 7.79. The molecule has 2 aliphatic rings. The van der Waals surface area contributed by atoms with Crippen LogP contribution in [-0.4, -0.2) is 42.8 Å². The van der Waals surface area contributed by atoms with Crippen LogP contribution in [0.15, 0.2) is 30.3 Å². The number of carbonyl (C=O) groups is 2. The van der Waals surface area contributed by atoms with E-state index in [2.05, 4.69) is 0 Å². The van der Waals surface area contributed by atoms with Gasteiger partial charge in [0.25, 0.3) is 5.91 Å². The lowest BCUT2D eigenvalue weighted by molar-refractivity contribution is -0.160. The number of methoxy groups -OCH3 is 1. The molecule has 42 heavy (non-hydrogen) atoms. The molecule has 5 rings (SSSR count). The Hall–Kier alpha value is -3.91. The summed E-state index contributed by atoms with van der Waals surface area (Å²) in [6.07, 6.45) is 0.589. The summed E-state index contributed by atoms with van der Waals surface area (Å²) in [5.74, 6) is -1.09. The first-order valence-electron chi connectivity index (χ1n) is 14.3. The van der Waals surface area contributed by atoms with Crippen molar-refractivity contribution in [3.63, 3.8) is 0 Å². The van der Waals surface area contributed by atoms with Gasteiger partial charge in [-0.1, -0.05) is 6.07 Å². The van der Waals surface area contributed by atoms with Gasteiger partial charge in [-0.25, -0.2) is 9.18 Å². The van der Waals surface area contributed by atoms with Crippen LogP contribution in [0.1, 0.15) is 77.0 Å². The van der Waals surface area contributed by atoms with Crippen molar-refractivity contribution in [3.8, 4) is 22.6 Å². The number of carboxylic acid groups (broad SMARTS) is 1. The molecular weight excluding hydrogens is 537 g/mol. The first-order valence-corrected chi connectivity index (χ1v) is 14.3. The third-order valence-corrected chi connectivity index (χ3v) is 8.03. The Morgan fingerprint density at radius 2 is 1.81 bits per heavy atom. The number of anilines is 1. The number of hydrogen-bond donors (Lipinski definition) is 1. The zero-order chi connectivity index (χ0) is 30.5. The van der Waals surface area contributed by atoms with Crippen LogP contribution in [0.3, 0.4) is 0 Å². The number of hydrogen-bond acceptors (Lipinski definition) is 5. The van der Waals surface area contributed by atoms with E-state index in [1.807, 2.05) is 59.7 Å². The summed E-state index contributed by atoms with van der Waals surface area (Å²) in [6.45, 7) is 11.9. The van der Waals surface area contributed by atoms with Crippen molar-refractivity contribution < 1.29 is 33.3 Å². The van der Waals surface area contributed by atoms with Gasteiger partial charge in [0, 0.05) is 23.4 Å². The summed E-state index contributed by atoms with van der Waals surface area (Å²) in [5, 5.41) is 10.4. The number of carboxylic acids is 1. The van der Waals surface area contributed by atoms with E-state index in [1.54, 1.807) is 11.0 Å². The van der Waals surface area contributed by atoms with Gasteiger partial charge in [0.15, 0.2) is 17.7 Å². The maximum Gasteiger partial charge on any atom is 0.337 e. The van der Waals surface area contributed by atoms with Gasteiger partial charge in [-0.15, -0.1) is 0 Å². The van der Waals surface area contributed by atoms with Crippen LogP contribution in [0, 0.1) is 26.6 Å². The van der Waals surface area contributed by atoms with Crippen molar-refractivity contribution in [2.45, 2.75) is 72.5 Å². The molecule has 0 saturated carbocycles. The number of ether oxygens (including phenoxy) is 3. The third-order valence-electron chi connectivity index (χ3n) is 8.03. The Labute approximate surface area is 246 Å². The van der Waals surface area contributed by atoms with Crippen LogP contribution >= 0.6 is 0 Å². The average Bonchev–Trinajstić information content (AvgIpc) is 3.35. The van der Waals surface area contributed by atoms with E-state index in [0.29, 0.717) is 65.2 Å². The second-order valence-electron chi connectivity index (χ2n) is 12.1. The lowest BCUT2D eigenvalue weighted by atomic mass is 9.83. The minimum absolute atomic E-state index is 0.217. The largest absolute Gasteiger partial charge is 0.496 e. The molecule has 0 aromatic heterocycles. The highest BCUT2D eigenvalue weighted by Crippen LogP contribution is 2.48. The minimum atomic E-state index is -1.30. The van der Waals surface area contributed by atoms with Gasteiger partial charge in [0.05, 0.1) is 24.9 Å². The van der Waals surface area contributed by atoms with Crippen LogP contribution in [-0.2, 0) is 22.4 Å². The molecule has 7 nitrogen and oxygen atoms in total. The van der Waals surface area contributed by atoms with Crippen molar-refractivity contribution in [1.29, 1.82) is 0 Å². The number of carbonyl (C=O) groups excluding carboxylic acids is 1. The molecule has 8 heteroatoms. The molecule has 0 aliphatic carbocycles. The number of nitrogens with zero attached hydrogens (tertiary/aromatic N) is 1. The molecule has 0 radical (unpaired) electrons. The molecule has 1 atom stereocenters. The van der Waals surface area contributed by atoms with E-state index in [9.17, 15) is 14.7 Å². The first kappa shape index (κ1) is 29.6. The van der Waals surface area contributed by atoms with Gasteiger partial charge in [-0.3, -0.25) is 4.79 Å². The van der Waals surface area contributed by atoms with Gasteiger partial charge < -0.3 is 24.2 Å². The molecular formula is C34H38FNO6. The quantitative estimate of drug-likeness (QED) is 0.344. The molecule has 0 saturated heterocycles. The molecule has 3 aromatic rings. The van der Waals surface area contributed by atoms with Crippen molar-refractivity contribution in [2.24, 2.45) is 0 Å². The van der Waals surface area contributed by atoms with Crippen LogP contribution in [0.25, 0.3) is 11.1 Å². The summed E-state index contributed by atoms with van der Waals surface area (Å²) in [5.41, 5.74) is 6.05. The van der Waals surface area contributed by atoms with Crippen molar-refractivity contribution >= 4 is 17.6 Å². The molecule has 1 N–H and O–H groups in total. The maximum absolute atomic E-state index is 15.6. The van der Waals surface area contributed by atoms with E-state index in [0.717, 1.165) is 28.7 Å². The summed E-state index contributed by atoms with van der Waals surface area (Å²) < 4.78 is 33.0. The Morgan fingerprint density at radius 1 is 1.07 bits per heavy atom. The Bertz CT molecular complexity index is 1590. The number of amides is 1. The summed E-state index contributed by atoms with van der Waals surface area (Å²) in [6, 6.07) is 8.76. The van der Waals surface area contributed by atoms with Crippen molar-refractivity contribution in [1.82, 2.24) is 0 Å². The molecule has 0 fully saturated rings. The molecule has 222 valence electrons. The van der Waals surface area contributed by atoms with E-state index in [-0.39, 0.29) is 11.7 Å². The number of aliphatic carboxylic acids is 1. The van der Waals surface area contributed by atoms with E-state index >= 15 is 4.39 Å². The van der Waals surface area contributed by atoms with Gasteiger partial charge in [-0.05, 0) is 118 Å². The third kappa shape index (κ3) is 5.24. The predicted molar refractivity (Wildman–Crippen MR) is 159 cm³/mol. The minimum Gasteiger partial charge on any atom is -0.496 e. The number of benzene rings is 3. The number of rotatable bonds is 6. The molecule has 0 bridgehead atoms. The monoisotopic (exact) mass is 575 g/mol. The van der Waals surface area contributed by atoms with E-state index < -0.39 is 23.5 Å². The fourth-order valence-corrected chi connectivity index (χ4v) is 6.18. The van der Waals surface area contributed by atoms with Crippen molar-refractivity contribution in [3.05, 3.63) is 75.1 Å². The summed E-state index contributed by atoms with van der Waals surface area (Å²) in [7, 11) is 1.54. The smallest absolute Gasteiger partial charge is 0.337 e. The topological polar surface area (TPSA) is 85.3 Å². The molecule has 0 unspecified atom stereocenters. The number of fused-ring (bicyclic) bond motifs is 2. The molecule has 0 spiro atoms. The fourth-order valence-electron chi connectivity index (χ4n) is 6.18. The van der Waals surface area contributed by atoms with Gasteiger partial charge in [-0.2, -0.15) is 0 Å². The second-order valence-corrected chi connectivity index (χ2v) is 12.1. The molecule has 2 heterocycles. The van der Waals surface area contributed by atoms with Crippen LogP contribution in [0.2, 0.25) is 0 Å². The zero-order valence-electron chi connectivity index (χ0n) is 25.3. The lowest BCUT2D eigenvalue weighted by Gasteiger charge is -2.30. The van der Waals surface area contributed by atoms with Crippen LogP contribution < -0.4 is 14.4 Å². The Balaban J connectivity index is 1.77. The summed E-state index contributed by atoms with van der Waals surface area (Å²) in [4.78, 5) is 28.4. The lowest BCUT2D eigenvalue weighted by Crippen LogP contribution is -2.30. The van der Waals surface area contributed by atoms with Crippen LogP contribution in [0.5, 0.6) is 11.5 Å². The van der Waals surface area contributed by atoms with Gasteiger partial charge in [0.2, 0.25) is 0 Å². The van der Waals surface area contributed by atoms with E-state index in [4.69, 9.17) is 14.2 Å². The number of halogens is 1. The van der Waals surface area contributed by atoms with Gasteiger partial charge in [0.1, 0.15) is 5.75 Å². The summed E-state index contributed by atoms with van der Waals surface area (Å²) >= 11 is 0. The highest BCUT2D eigenvalue weighted by molar-refractivity contribution is 6.10. The first-order chi connectivity index (χ1) is 19.8. The fraction of sp³-hybridized carbons (Fsp3) is 0.412. The maximum atomic E-state index is 15.6. The standard InChI is InChI=1S/C34H38FNO6/c1-18-10-11-23(27(15-18)40-7)32(37)36-13-12-22-26(36)16-19(2)28(31(33(38)39)42-34(4,5)6)29(22)24-17-25(35)30-21(20(24)3)9-8-14-41-30/h10-11,15-17,31H,8-9,12-14H2,1-7H3,(H,38,39)/t31-/m0/s1. The molecule has 2 aliphatic heterocycles. The van der Waals surface area contributed by atoms with Gasteiger partial charge >= 0.3 is 5.97 Å². The highest BCUT2D eigenvalue weighted by atomic mass is 19.1. The highest BCUT2D eigenvalue weighted by Gasteiger charge is 2.37. The molecule has 1 amide bonds. The number of aryl methyl sites for hydroxylation is 2. The SMILES string of the molecule is COc1cc(C)ccc1C(=O)N1CCc2c1cc(C)c([C@H](OC(C)(C)C)C(=O)O)c2-c1cc(F)c2c(c1C)CCCO2. The normalized spacial score (nSPS) is 15.1. The molecule has 3 aromatic carbocycles. The average molecular weight is 576 g/mol. The Morgan fingerprint density at radius 3 is 2.48 bits per heavy atom. The predicted octanol–water partition coefficient (Wildman–Crippen LogP) is 6.90. The van der Waals surface area contributed by atoms with E-state index in [1.165, 1.54) is 13.2 Å². The second kappa shape index (κ2) is 11.1. The zero-order valence-corrected chi connectivity index (χ0v) is 25.3. The van der Waals surface area contributed by atoms with Crippen LogP contribution in [0.4, 0.5) is 10.1 Å².